The van der Waals surface area contributed by atoms with E-state index < -0.39 is 17.8 Å². The van der Waals surface area contributed by atoms with Crippen molar-refractivity contribution >= 4 is 21.9 Å². The molecule has 0 amide bonds. The average Bonchev–Trinajstić information content (AvgIpc) is 2.53. The van der Waals surface area contributed by atoms with Gasteiger partial charge in [0.2, 0.25) is 5.43 Å². The van der Waals surface area contributed by atoms with Crippen LogP contribution in [0, 0.1) is 0 Å². The lowest BCUT2D eigenvalue weighted by molar-refractivity contribution is -0.111. The monoisotopic (exact) mass is 312 g/mol. The molecular weight excluding hydrogens is 296 g/mol. The highest BCUT2D eigenvalue weighted by Gasteiger charge is 2.43. The maximum Gasteiger partial charge on any atom is 0.200 e. The topological polar surface area (TPSA) is 79.9 Å². The summed E-state index contributed by atoms with van der Waals surface area (Å²) in [7, 11) is 0. The Kier molecular flexibility index (Phi) is 2.83. The normalized spacial score (nSPS) is 22.8. The molecule has 0 saturated heterocycles. The summed E-state index contributed by atoms with van der Waals surface area (Å²) in [5.74, 6) is 0.313. The van der Waals surface area contributed by atoms with Crippen molar-refractivity contribution < 1.29 is 19.4 Å². The van der Waals surface area contributed by atoms with Gasteiger partial charge in [0.25, 0.3) is 0 Å². The number of ether oxygens (including phenoxy) is 1. The zero-order valence-electron chi connectivity index (χ0n) is 12.7. The van der Waals surface area contributed by atoms with E-state index in [9.17, 15) is 15.0 Å². The second-order valence-electron chi connectivity index (χ2n) is 6.38. The van der Waals surface area contributed by atoms with Gasteiger partial charge in [0.15, 0.2) is 11.3 Å². The Hall–Kier alpha value is -2.37. The van der Waals surface area contributed by atoms with E-state index in [1.54, 1.807) is 50.2 Å². The Morgan fingerprint density at radius 1 is 1.04 bits per heavy atom. The van der Waals surface area contributed by atoms with Crippen LogP contribution in [-0.2, 0) is 0 Å². The molecule has 4 rings (SSSR count). The molecule has 1 aliphatic heterocycles. The molecule has 0 saturated carbocycles. The van der Waals surface area contributed by atoms with E-state index in [-0.39, 0.29) is 5.43 Å². The third-order valence-electron chi connectivity index (χ3n) is 4.43. The van der Waals surface area contributed by atoms with E-state index in [4.69, 9.17) is 9.15 Å². The van der Waals surface area contributed by atoms with E-state index >= 15 is 0 Å². The zero-order chi connectivity index (χ0) is 16.4. The molecule has 2 aromatic carbocycles. The molecule has 23 heavy (non-hydrogen) atoms. The highest BCUT2D eigenvalue weighted by Crippen LogP contribution is 2.43. The van der Waals surface area contributed by atoms with Crippen LogP contribution in [0.1, 0.15) is 25.5 Å². The minimum absolute atomic E-state index is 0.147. The highest BCUT2D eigenvalue weighted by atomic mass is 16.5. The van der Waals surface area contributed by atoms with Gasteiger partial charge in [0.1, 0.15) is 23.4 Å². The van der Waals surface area contributed by atoms with Crippen molar-refractivity contribution in [3.8, 4) is 5.75 Å². The standard InChI is InChI=1S/C18H16O5/c1-18(2)17(21)14(20)11-8-7-10-13(19)9-5-3-4-6-12(9)22-15(10)16(11)23-18/h3-8,14,17,20-21H,1-2H3. The maximum atomic E-state index is 12.7. The van der Waals surface area contributed by atoms with Crippen molar-refractivity contribution in [2.45, 2.75) is 31.7 Å². The maximum absolute atomic E-state index is 12.7. The summed E-state index contributed by atoms with van der Waals surface area (Å²) in [6.07, 6.45) is -2.17. The van der Waals surface area contributed by atoms with Crippen molar-refractivity contribution in [2.24, 2.45) is 0 Å². The Labute approximate surface area is 131 Å². The van der Waals surface area contributed by atoms with Gasteiger partial charge in [-0.15, -0.1) is 0 Å². The number of hydrogen-bond donors (Lipinski definition) is 2. The summed E-state index contributed by atoms with van der Waals surface area (Å²) in [6, 6.07) is 10.2. The first-order valence-corrected chi connectivity index (χ1v) is 7.44. The lowest BCUT2D eigenvalue weighted by Gasteiger charge is -2.39. The molecule has 2 unspecified atom stereocenters. The van der Waals surface area contributed by atoms with Crippen molar-refractivity contribution in [2.75, 3.05) is 0 Å². The van der Waals surface area contributed by atoms with Gasteiger partial charge in [0, 0.05) is 5.56 Å². The number of aliphatic hydroxyl groups excluding tert-OH is 2. The van der Waals surface area contributed by atoms with Crippen LogP contribution in [0.4, 0.5) is 0 Å². The van der Waals surface area contributed by atoms with Crippen LogP contribution < -0.4 is 10.2 Å². The number of hydrogen-bond acceptors (Lipinski definition) is 5. The number of aliphatic hydroxyl groups is 2. The molecule has 2 heterocycles. The van der Waals surface area contributed by atoms with E-state index in [1.807, 2.05) is 0 Å². The second-order valence-corrected chi connectivity index (χ2v) is 6.38. The summed E-state index contributed by atoms with van der Waals surface area (Å²) >= 11 is 0. The van der Waals surface area contributed by atoms with Gasteiger partial charge in [-0.05, 0) is 32.0 Å². The Balaban J connectivity index is 2.12. The lowest BCUT2D eigenvalue weighted by Crippen LogP contribution is -2.48. The second kappa shape index (κ2) is 4.57. The third kappa shape index (κ3) is 1.90. The first kappa shape index (κ1) is 14.2. The minimum atomic E-state index is -1.10. The highest BCUT2D eigenvalue weighted by molar-refractivity contribution is 5.93. The van der Waals surface area contributed by atoms with Crippen molar-refractivity contribution in [3.63, 3.8) is 0 Å². The van der Waals surface area contributed by atoms with Crippen LogP contribution in [0.5, 0.6) is 5.75 Å². The van der Waals surface area contributed by atoms with Gasteiger partial charge in [-0.1, -0.05) is 18.2 Å². The van der Waals surface area contributed by atoms with Gasteiger partial charge in [-0.25, -0.2) is 0 Å². The van der Waals surface area contributed by atoms with Crippen LogP contribution >= 0.6 is 0 Å². The molecule has 2 atom stereocenters. The van der Waals surface area contributed by atoms with Crippen LogP contribution in [0.2, 0.25) is 0 Å². The SMILES string of the molecule is CC1(C)Oc2c(ccc3c(=O)c4ccccc4oc23)C(O)C1O. The quantitative estimate of drug-likeness (QED) is 0.624. The Morgan fingerprint density at radius 2 is 1.78 bits per heavy atom. The van der Waals surface area contributed by atoms with Gasteiger partial charge >= 0.3 is 0 Å². The van der Waals surface area contributed by atoms with E-state index in [0.29, 0.717) is 33.3 Å². The molecule has 1 aromatic heterocycles. The fraction of sp³-hybridized carbons (Fsp3) is 0.278. The molecule has 0 fully saturated rings. The van der Waals surface area contributed by atoms with Crippen LogP contribution in [0.3, 0.4) is 0 Å². The molecule has 0 bridgehead atoms. The molecule has 3 aromatic rings. The number of para-hydroxylation sites is 1. The average molecular weight is 312 g/mol. The van der Waals surface area contributed by atoms with Crippen molar-refractivity contribution in [1.29, 1.82) is 0 Å². The first-order chi connectivity index (χ1) is 10.9. The fourth-order valence-electron chi connectivity index (χ4n) is 3.07. The molecule has 5 nitrogen and oxygen atoms in total. The Morgan fingerprint density at radius 3 is 2.57 bits per heavy atom. The predicted octanol–water partition coefficient (Wildman–Crippen LogP) is 2.51. The van der Waals surface area contributed by atoms with Gasteiger partial charge in [-0.2, -0.15) is 0 Å². The number of rotatable bonds is 0. The van der Waals surface area contributed by atoms with Crippen LogP contribution in [-0.4, -0.2) is 21.9 Å². The molecule has 0 aliphatic carbocycles. The molecule has 1 aliphatic rings. The fourth-order valence-corrected chi connectivity index (χ4v) is 3.07. The van der Waals surface area contributed by atoms with E-state index in [1.165, 1.54) is 0 Å². The predicted molar refractivity (Wildman–Crippen MR) is 85.7 cm³/mol. The van der Waals surface area contributed by atoms with Crippen molar-refractivity contribution in [3.05, 3.63) is 52.2 Å². The smallest absolute Gasteiger partial charge is 0.200 e. The number of fused-ring (bicyclic) bond motifs is 4. The first-order valence-electron chi connectivity index (χ1n) is 7.44. The van der Waals surface area contributed by atoms with Crippen LogP contribution in [0.25, 0.3) is 21.9 Å². The molecule has 118 valence electrons. The van der Waals surface area contributed by atoms with E-state index in [0.717, 1.165) is 0 Å². The molecule has 2 N–H and O–H groups in total. The molecule has 0 spiro atoms. The molecular formula is C18H16O5. The van der Waals surface area contributed by atoms with Crippen LogP contribution in [0.15, 0.2) is 45.6 Å². The zero-order valence-corrected chi connectivity index (χ0v) is 12.7. The summed E-state index contributed by atoms with van der Waals surface area (Å²) in [6.45, 7) is 3.36. The lowest BCUT2D eigenvalue weighted by atomic mass is 9.88. The Bertz CT molecular complexity index is 986. The molecule has 5 heteroatoms. The summed E-state index contributed by atoms with van der Waals surface area (Å²) in [5, 5.41) is 21.4. The summed E-state index contributed by atoms with van der Waals surface area (Å²) in [5.41, 5.74) is 0.0327. The molecule has 0 radical (unpaired) electrons. The van der Waals surface area contributed by atoms with Crippen molar-refractivity contribution in [1.82, 2.24) is 0 Å². The third-order valence-corrected chi connectivity index (χ3v) is 4.43. The number of benzene rings is 2. The largest absolute Gasteiger partial charge is 0.481 e. The van der Waals surface area contributed by atoms with Gasteiger partial charge in [0.05, 0.1) is 10.8 Å². The van der Waals surface area contributed by atoms with E-state index in [2.05, 4.69) is 0 Å². The van der Waals surface area contributed by atoms with Gasteiger partial charge < -0.3 is 19.4 Å². The minimum Gasteiger partial charge on any atom is -0.481 e. The summed E-state index contributed by atoms with van der Waals surface area (Å²) < 4.78 is 11.8. The summed E-state index contributed by atoms with van der Waals surface area (Å²) in [4.78, 5) is 12.7. The van der Waals surface area contributed by atoms with Gasteiger partial charge in [-0.3, -0.25) is 4.79 Å².